The van der Waals surface area contributed by atoms with Crippen LogP contribution >= 0.6 is 22.7 Å². The van der Waals surface area contributed by atoms with Crippen LogP contribution in [0.2, 0.25) is 0 Å². The van der Waals surface area contributed by atoms with Gasteiger partial charge in [-0.1, -0.05) is 54.1 Å². The Morgan fingerprint density at radius 1 is 0.848 bits per heavy atom. The van der Waals surface area contributed by atoms with Crippen molar-refractivity contribution in [2.75, 3.05) is 6.54 Å². The lowest BCUT2D eigenvalue weighted by atomic mass is 9.95. The molecule has 3 heterocycles. The Labute approximate surface area is 203 Å². The molecule has 5 rings (SSSR count). The minimum atomic E-state index is -3.77. The molecular weight excluding hydrogens is 467 g/mol. The molecule has 0 aliphatic carbocycles. The summed E-state index contributed by atoms with van der Waals surface area (Å²) in [4.78, 5) is 0.306. The Morgan fingerprint density at radius 2 is 1.52 bits per heavy atom. The first-order valence-corrected chi connectivity index (χ1v) is 14.0. The maximum Gasteiger partial charge on any atom is 0.264 e. The first-order valence-electron chi connectivity index (χ1n) is 10.7. The molecule has 3 nitrogen and oxygen atoms in total. The topological polar surface area (TPSA) is 37.4 Å². The van der Waals surface area contributed by atoms with Crippen LogP contribution in [0, 0.1) is 6.92 Å². The predicted octanol–water partition coefficient (Wildman–Crippen LogP) is 7.03. The summed E-state index contributed by atoms with van der Waals surface area (Å²) in [6.45, 7) is 2.29. The molecule has 6 heteroatoms. The van der Waals surface area contributed by atoms with E-state index in [1.807, 2.05) is 60.2 Å². The van der Waals surface area contributed by atoms with Crippen molar-refractivity contribution < 1.29 is 8.42 Å². The van der Waals surface area contributed by atoms with Crippen LogP contribution in [0.5, 0.6) is 0 Å². The monoisotopic (exact) mass is 489 g/mol. The van der Waals surface area contributed by atoms with Crippen LogP contribution in [0.1, 0.15) is 28.2 Å². The highest BCUT2D eigenvalue weighted by molar-refractivity contribution is 7.89. The summed E-state index contributed by atoms with van der Waals surface area (Å²) in [5.74, 6) is -0.0892. The number of nitrogens with zero attached hydrogens (tertiary/aromatic N) is 1. The minimum Gasteiger partial charge on any atom is -0.265 e. The maximum atomic E-state index is 14.0. The lowest BCUT2D eigenvalue weighted by Crippen LogP contribution is -2.32. The summed E-state index contributed by atoms with van der Waals surface area (Å²) in [5, 5.41) is 8.16. The van der Waals surface area contributed by atoms with Gasteiger partial charge in [-0.2, -0.15) is 22.7 Å². The van der Waals surface area contributed by atoms with E-state index in [1.54, 1.807) is 39.1 Å². The summed E-state index contributed by atoms with van der Waals surface area (Å²) in [5.41, 5.74) is 5.87. The van der Waals surface area contributed by atoms with E-state index in [-0.39, 0.29) is 5.92 Å². The summed E-state index contributed by atoms with van der Waals surface area (Å²) in [6.07, 6.45) is 4.23. The number of thiophene rings is 2. The fraction of sp³-hybridized carbons (Fsp3) is 0.111. The molecule has 0 radical (unpaired) electrons. The second-order valence-electron chi connectivity index (χ2n) is 8.04. The summed E-state index contributed by atoms with van der Waals surface area (Å²) < 4.78 is 29.6. The molecule has 0 N–H and O–H groups in total. The van der Waals surface area contributed by atoms with Crippen LogP contribution in [0.15, 0.2) is 105 Å². The molecule has 0 spiro atoms. The van der Waals surface area contributed by atoms with E-state index in [1.165, 1.54) is 0 Å². The quantitative estimate of drug-likeness (QED) is 0.302. The Balaban J connectivity index is 1.70. The first-order chi connectivity index (χ1) is 16.0. The minimum absolute atomic E-state index is 0.0892. The lowest BCUT2D eigenvalue weighted by Gasteiger charge is -2.28. The van der Waals surface area contributed by atoms with Crippen molar-refractivity contribution in [1.82, 2.24) is 4.31 Å². The molecule has 0 saturated heterocycles. The normalized spacial score (nSPS) is 16.8. The number of sulfonamides is 1. The average molecular weight is 490 g/mol. The summed E-state index contributed by atoms with van der Waals surface area (Å²) in [6, 6.07) is 21.3. The first kappa shape index (κ1) is 21.9. The van der Waals surface area contributed by atoms with Gasteiger partial charge in [0, 0.05) is 23.4 Å². The van der Waals surface area contributed by atoms with E-state index in [0.29, 0.717) is 17.1 Å². The number of allylic oxidation sites excluding steroid dienone is 2. The van der Waals surface area contributed by atoms with Gasteiger partial charge in [0.1, 0.15) is 0 Å². The van der Waals surface area contributed by atoms with Gasteiger partial charge in [0.25, 0.3) is 10.0 Å². The summed E-state index contributed by atoms with van der Waals surface area (Å²) in [7, 11) is -3.77. The Morgan fingerprint density at radius 3 is 2.15 bits per heavy atom. The molecule has 4 aromatic rings. The van der Waals surface area contributed by atoms with E-state index in [4.69, 9.17) is 0 Å². The molecule has 2 aromatic carbocycles. The van der Waals surface area contributed by atoms with Crippen LogP contribution in [0.25, 0.3) is 11.3 Å². The van der Waals surface area contributed by atoms with Crippen LogP contribution < -0.4 is 0 Å². The third-order valence-electron chi connectivity index (χ3n) is 5.81. The molecule has 33 heavy (non-hydrogen) atoms. The van der Waals surface area contributed by atoms with Gasteiger partial charge < -0.3 is 0 Å². The molecule has 2 aromatic heterocycles. The van der Waals surface area contributed by atoms with Crippen LogP contribution in [0.4, 0.5) is 0 Å². The van der Waals surface area contributed by atoms with Crippen molar-refractivity contribution in [2.45, 2.75) is 17.7 Å². The zero-order chi connectivity index (χ0) is 22.8. The predicted molar refractivity (Wildman–Crippen MR) is 139 cm³/mol. The molecule has 0 fully saturated rings. The Kier molecular flexibility index (Phi) is 6.06. The maximum absolute atomic E-state index is 14.0. The van der Waals surface area contributed by atoms with Gasteiger partial charge in [-0.05, 0) is 70.1 Å². The molecule has 166 valence electrons. The zero-order valence-corrected chi connectivity index (χ0v) is 20.5. The van der Waals surface area contributed by atoms with Crippen molar-refractivity contribution in [3.8, 4) is 0 Å². The average Bonchev–Trinajstić information content (AvgIpc) is 3.52. The molecule has 0 bridgehead atoms. The van der Waals surface area contributed by atoms with Crippen molar-refractivity contribution in [3.63, 3.8) is 0 Å². The molecule has 1 aliphatic heterocycles. The standard InChI is InChI=1S/C27H23NO2S3/c1-20-7-9-26(10-8-20)33(29,30)28-17-25(21-5-3-2-4-6-21)15-24(22-11-13-31-18-22)16-27(28)23-12-14-32-19-23/h2-16,18-19,25H,17H2,1H3/t25-/m1/s1. The number of benzene rings is 2. The summed E-state index contributed by atoms with van der Waals surface area (Å²) >= 11 is 3.21. The second-order valence-corrected chi connectivity index (χ2v) is 11.5. The van der Waals surface area contributed by atoms with Gasteiger partial charge >= 0.3 is 0 Å². The number of hydrogen-bond donors (Lipinski definition) is 0. The number of rotatable bonds is 5. The van der Waals surface area contributed by atoms with Crippen LogP contribution in [-0.4, -0.2) is 19.3 Å². The van der Waals surface area contributed by atoms with E-state index in [2.05, 4.69) is 35.0 Å². The van der Waals surface area contributed by atoms with Gasteiger partial charge in [-0.15, -0.1) is 0 Å². The Bertz CT molecular complexity index is 1380. The van der Waals surface area contributed by atoms with E-state index >= 15 is 0 Å². The number of aryl methyl sites for hydroxylation is 1. The molecule has 1 aliphatic rings. The van der Waals surface area contributed by atoms with Gasteiger partial charge in [-0.3, -0.25) is 4.31 Å². The zero-order valence-electron chi connectivity index (χ0n) is 18.1. The molecule has 1 atom stereocenters. The van der Waals surface area contributed by atoms with Crippen LogP contribution in [0.3, 0.4) is 0 Å². The van der Waals surface area contributed by atoms with Gasteiger partial charge in [0.05, 0.1) is 10.6 Å². The highest BCUT2D eigenvalue weighted by Crippen LogP contribution is 2.38. The second kappa shape index (κ2) is 9.14. The largest absolute Gasteiger partial charge is 0.265 e. The third-order valence-corrected chi connectivity index (χ3v) is 8.97. The molecular formula is C27H23NO2S3. The molecule has 0 amide bonds. The van der Waals surface area contributed by atoms with Crippen molar-refractivity contribution in [3.05, 3.63) is 123 Å². The van der Waals surface area contributed by atoms with E-state index < -0.39 is 10.0 Å². The lowest BCUT2D eigenvalue weighted by molar-refractivity contribution is 0.499. The van der Waals surface area contributed by atoms with Crippen molar-refractivity contribution in [2.24, 2.45) is 0 Å². The Hall–Kier alpha value is -2.93. The highest BCUT2D eigenvalue weighted by Gasteiger charge is 2.32. The van der Waals surface area contributed by atoms with Gasteiger partial charge in [0.2, 0.25) is 0 Å². The fourth-order valence-corrected chi connectivity index (χ4v) is 6.85. The molecule has 0 saturated carbocycles. The van der Waals surface area contributed by atoms with E-state index in [9.17, 15) is 8.42 Å². The smallest absolute Gasteiger partial charge is 0.264 e. The van der Waals surface area contributed by atoms with Crippen LogP contribution in [-0.2, 0) is 10.0 Å². The van der Waals surface area contributed by atoms with Gasteiger partial charge in [-0.25, -0.2) is 8.42 Å². The van der Waals surface area contributed by atoms with Gasteiger partial charge in [0.15, 0.2) is 0 Å². The van der Waals surface area contributed by atoms with Crippen molar-refractivity contribution in [1.29, 1.82) is 0 Å². The SMILES string of the molecule is Cc1ccc(S(=O)(=O)N2C[C@H](c3ccccc3)C=C(c3ccsc3)C=C2c2ccsc2)cc1. The highest BCUT2D eigenvalue weighted by atomic mass is 32.2. The third kappa shape index (κ3) is 4.47. The molecule has 0 unspecified atom stereocenters. The van der Waals surface area contributed by atoms with Crippen molar-refractivity contribution >= 4 is 44.0 Å². The number of hydrogen-bond acceptors (Lipinski definition) is 4. The fourth-order valence-electron chi connectivity index (χ4n) is 4.03. The van der Waals surface area contributed by atoms with E-state index in [0.717, 1.165) is 27.8 Å².